The molecule has 0 radical (unpaired) electrons. The molecular weight excluding hydrogens is 466 g/mol. The Morgan fingerprint density at radius 3 is 2.50 bits per heavy atom. The molecule has 0 amide bonds. The van der Waals surface area contributed by atoms with Crippen LogP contribution in [0.3, 0.4) is 0 Å². The van der Waals surface area contributed by atoms with Gasteiger partial charge in [0.15, 0.2) is 0 Å². The van der Waals surface area contributed by atoms with Crippen LogP contribution in [-0.2, 0) is 4.74 Å². The average molecular weight is 500 g/mol. The van der Waals surface area contributed by atoms with Crippen molar-refractivity contribution in [2.75, 3.05) is 20.3 Å². The van der Waals surface area contributed by atoms with Crippen LogP contribution in [-0.4, -0.2) is 50.0 Å². The van der Waals surface area contributed by atoms with E-state index in [-0.39, 0.29) is 0 Å². The second kappa shape index (κ2) is 15.3. The minimum atomic E-state index is 0.534. The van der Waals surface area contributed by atoms with E-state index in [2.05, 4.69) is 33.6 Å². The number of aryl methyl sites for hydroxylation is 1. The molecule has 5 nitrogen and oxygen atoms in total. The highest BCUT2D eigenvalue weighted by Crippen LogP contribution is 2.19. The van der Waals surface area contributed by atoms with E-state index in [0.29, 0.717) is 6.04 Å². The van der Waals surface area contributed by atoms with Gasteiger partial charge >= 0.3 is 0 Å². The van der Waals surface area contributed by atoms with Gasteiger partial charge in [0.25, 0.3) is 0 Å². The van der Waals surface area contributed by atoms with Crippen LogP contribution in [0.2, 0.25) is 0 Å². The number of fused-ring (bicyclic) bond motifs is 1. The Morgan fingerprint density at radius 1 is 1.28 bits per heavy atom. The molecule has 3 rings (SSSR count). The van der Waals surface area contributed by atoms with Crippen LogP contribution in [0.15, 0.2) is 64.2 Å². The third-order valence-electron chi connectivity index (χ3n) is 4.88. The fourth-order valence-corrected chi connectivity index (χ4v) is 3.15. The summed E-state index contributed by atoms with van der Waals surface area (Å²) < 4.78 is 6.17. The highest BCUT2D eigenvalue weighted by Gasteiger charge is 2.15. The van der Waals surface area contributed by atoms with Crippen LogP contribution < -0.4 is 0 Å². The van der Waals surface area contributed by atoms with Gasteiger partial charge in [0, 0.05) is 48.3 Å². The van der Waals surface area contributed by atoms with Gasteiger partial charge in [0.1, 0.15) is 6.29 Å². The number of ether oxygens (including phenoxy) is 1. The number of aliphatic imine (C=N–C) groups is 1. The van der Waals surface area contributed by atoms with E-state index < -0.39 is 0 Å². The van der Waals surface area contributed by atoms with Gasteiger partial charge < -0.3 is 9.64 Å². The van der Waals surface area contributed by atoms with Crippen molar-refractivity contribution in [3.05, 3.63) is 70.4 Å². The minimum absolute atomic E-state index is 0.534. The van der Waals surface area contributed by atoms with Crippen LogP contribution in [0.4, 0.5) is 0 Å². The molecule has 1 saturated heterocycles. The Morgan fingerprint density at radius 2 is 1.94 bits per heavy atom. The molecule has 6 heteroatoms. The summed E-state index contributed by atoms with van der Waals surface area (Å²) in [5.41, 5.74) is 2.71. The summed E-state index contributed by atoms with van der Waals surface area (Å²) in [4.78, 5) is 16.5. The Kier molecular flexibility index (Phi) is 13.1. The lowest BCUT2D eigenvalue weighted by Gasteiger charge is -2.28. The van der Waals surface area contributed by atoms with Crippen LogP contribution in [0.25, 0.3) is 10.8 Å². The number of allylic oxidation sites excluding steroid dienone is 3. The zero-order chi connectivity index (χ0) is 23.9. The molecule has 32 heavy (non-hydrogen) atoms. The van der Waals surface area contributed by atoms with Crippen LogP contribution in [0.1, 0.15) is 42.6 Å². The van der Waals surface area contributed by atoms with Gasteiger partial charge in [-0.2, -0.15) is 0 Å². The first-order valence-corrected chi connectivity index (χ1v) is 11.4. The van der Waals surface area contributed by atoms with Gasteiger partial charge in [-0.15, -0.1) is 0 Å². The molecule has 0 aliphatic carbocycles. The standard InChI is InChI=1S/C12H10O.C7H10BrN.C7H14N2O/c1-9-6-10(8-13)7-11-4-2-3-5-12(9)11;1-4-7(8)5-9-6(2)3;1-9(6-8)7-2-4-10-5-3-7/h2-8H,1H3;4-5H,2H2,1,3H3;6-8H,2-5H2,1H3/b;7-4+,9-5?;. The van der Waals surface area contributed by atoms with E-state index in [1.54, 1.807) is 6.21 Å². The van der Waals surface area contributed by atoms with Gasteiger partial charge in [0.05, 0.1) is 6.34 Å². The van der Waals surface area contributed by atoms with Crippen LogP contribution in [0, 0.1) is 12.3 Å². The lowest BCUT2D eigenvalue weighted by atomic mass is 10.0. The molecular formula is C26H34BrN3O2. The lowest BCUT2D eigenvalue weighted by molar-refractivity contribution is 0.0614. The van der Waals surface area contributed by atoms with E-state index in [0.717, 1.165) is 59.0 Å². The molecule has 0 saturated carbocycles. The zero-order valence-corrected chi connectivity index (χ0v) is 21.1. The maximum Gasteiger partial charge on any atom is 0.150 e. The first-order valence-electron chi connectivity index (χ1n) is 10.6. The fraction of sp³-hybridized carbons (Fsp3) is 0.346. The quantitative estimate of drug-likeness (QED) is 0.288. The fourth-order valence-electron chi connectivity index (χ4n) is 3.04. The summed E-state index contributed by atoms with van der Waals surface area (Å²) in [7, 11) is 1.95. The minimum Gasteiger partial charge on any atom is -0.381 e. The predicted octanol–water partition coefficient (Wildman–Crippen LogP) is 6.55. The SMILES string of the molecule is C=C(C)N=C/C(Br)=C\C.CN(C=N)C1CCOCC1.Cc1cc(C=O)cc2ccccc12. The average Bonchev–Trinajstić information content (AvgIpc) is 2.83. The van der Waals surface area contributed by atoms with Crippen molar-refractivity contribution >= 4 is 45.5 Å². The third kappa shape index (κ3) is 10.2. The van der Waals surface area contributed by atoms with Crippen molar-refractivity contribution in [3.8, 4) is 0 Å². The maximum absolute atomic E-state index is 10.6. The van der Waals surface area contributed by atoms with Gasteiger partial charge in [-0.3, -0.25) is 15.2 Å². The van der Waals surface area contributed by atoms with Crippen molar-refractivity contribution in [1.82, 2.24) is 4.90 Å². The number of nitrogens with one attached hydrogen (secondary N) is 1. The van der Waals surface area contributed by atoms with Crippen LogP contribution in [0.5, 0.6) is 0 Å². The van der Waals surface area contributed by atoms with Gasteiger partial charge in [-0.1, -0.05) is 36.9 Å². The summed E-state index contributed by atoms with van der Waals surface area (Å²) in [6.07, 6.45) is 8.04. The highest BCUT2D eigenvalue weighted by molar-refractivity contribution is 9.12. The number of hydrogen-bond acceptors (Lipinski definition) is 4. The van der Waals surface area contributed by atoms with Crippen LogP contribution >= 0.6 is 15.9 Å². The van der Waals surface area contributed by atoms with Crippen molar-refractivity contribution in [3.63, 3.8) is 0 Å². The molecule has 0 atom stereocenters. The normalized spacial score (nSPS) is 14.1. The van der Waals surface area contributed by atoms with Gasteiger partial charge in [-0.05, 0) is 78.0 Å². The van der Waals surface area contributed by atoms with Crippen molar-refractivity contribution < 1.29 is 9.53 Å². The molecule has 0 aromatic heterocycles. The number of hydrogen-bond donors (Lipinski definition) is 1. The number of carbonyl (C=O) groups is 1. The molecule has 172 valence electrons. The number of aldehydes is 1. The number of carbonyl (C=O) groups excluding carboxylic acids is 1. The van der Waals surface area contributed by atoms with Crippen molar-refractivity contribution in [1.29, 1.82) is 5.41 Å². The summed E-state index contributed by atoms with van der Waals surface area (Å²) in [6, 6.07) is 12.4. The first kappa shape index (κ1) is 27.5. The zero-order valence-electron chi connectivity index (χ0n) is 19.5. The largest absolute Gasteiger partial charge is 0.381 e. The second-order valence-corrected chi connectivity index (χ2v) is 8.40. The molecule has 1 aliphatic heterocycles. The Bertz CT molecular complexity index is 947. The first-order chi connectivity index (χ1) is 15.3. The molecule has 1 fully saturated rings. The molecule has 1 aliphatic rings. The van der Waals surface area contributed by atoms with E-state index in [1.165, 1.54) is 11.7 Å². The monoisotopic (exact) mass is 499 g/mol. The Balaban J connectivity index is 0.000000246. The number of benzene rings is 2. The molecule has 1 N–H and O–H groups in total. The summed E-state index contributed by atoms with van der Waals surface area (Å²) in [6.45, 7) is 11.1. The second-order valence-electron chi connectivity index (χ2n) is 7.48. The number of halogens is 1. The summed E-state index contributed by atoms with van der Waals surface area (Å²) in [5, 5.41) is 9.35. The molecule has 2 aromatic rings. The van der Waals surface area contributed by atoms with E-state index >= 15 is 0 Å². The molecule has 2 aromatic carbocycles. The van der Waals surface area contributed by atoms with E-state index in [4.69, 9.17) is 10.1 Å². The van der Waals surface area contributed by atoms with E-state index in [1.807, 2.05) is 69.1 Å². The smallest absolute Gasteiger partial charge is 0.150 e. The third-order valence-corrected chi connectivity index (χ3v) is 5.54. The van der Waals surface area contributed by atoms with Gasteiger partial charge in [-0.25, -0.2) is 0 Å². The molecule has 0 bridgehead atoms. The van der Waals surface area contributed by atoms with Gasteiger partial charge in [0.2, 0.25) is 0 Å². The topological polar surface area (TPSA) is 65.8 Å². The number of rotatable bonds is 5. The lowest BCUT2D eigenvalue weighted by Crippen LogP contribution is -2.35. The maximum atomic E-state index is 10.6. The number of nitrogens with zero attached hydrogens (tertiary/aromatic N) is 2. The summed E-state index contributed by atoms with van der Waals surface area (Å²) >= 11 is 3.28. The summed E-state index contributed by atoms with van der Waals surface area (Å²) in [5.74, 6) is 0. The Hall–Kier alpha value is -2.57. The Labute approximate surface area is 200 Å². The highest BCUT2D eigenvalue weighted by atomic mass is 79.9. The van der Waals surface area contributed by atoms with Crippen molar-refractivity contribution in [2.24, 2.45) is 4.99 Å². The molecule has 0 unspecified atom stereocenters. The molecule has 1 heterocycles. The van der Waals surface area contributed by atoms with Crippen molar-refractivity contribution in [2.45, 2.75) is 39.7 Å². The predicted molar refractivity (Wildman–Crippen MR) is 140 cm³/mol. The molecule has 0 spiro atoms. The van der Waals surface area contributed by atoms with E-state index in [9.17, 15) is 4.79 Å².